The number of carbonyl (C=O) groups excluding carboxylic acids is 1. The molecule has 0 saturated carbocycles. The fourth-order valence-corrected chi connectivity index (χ4v) is 2.27. The number of methoxy groups -OCH3 is 1. The first kappa shape index (κ1) is 15.9. The van der Waals surface area contributed by atoms with Gasteiger partial charge in [-0.3, -0.25) is 4.79 Å². The lowest BCUT2D eigenvalue weighted by atomic mass is 10.0. The first-order valence-electron chi connectivity index (χ1n) is 6.03. The summed E-state index contributed by atoms with van der Waals surface area (Å²) in [5.74, 6) is 0.528. The summed E-state index contributed by atoms with van der Waals surface area (Å²) in [5, 5.41) is 0. The van der Waals surface area contributed by atoms with Crippen molar-refractivity contribution in [2.75, 3.05) is 26.7 Å². The molecular weight excluding hydrogens is 270 g/mol. The lowest BCUT2D eigenvalue weighted by molar-refractivity contribution is -0.140. The Hall–Kier alpha value is -0.0900. The van der Waals surface area contributed by atoms with Gasteiger partial charge >= 0.3 is 5.97 Å². The molecule has 0 heterocycles. The van der Waals surface area contributed by atoms with Gasteiger partial charge in [0.15, 0.2) is 0 Å². The molecule has 0 aromatic rings. The summed E-state index contributed by atoms with van der Waals surface area (Å²) in [6.45, 7) is 9.30. The summed E-state index contributed by atoms with van der Waals surface area (Å²) < 4.78 is 4.70. The van der Waals surface area contributed by atoms with Gasteiger partial charge in [-0.1, -0.05) is 49.5 Å². The van der Waals surface area contributed by atoms with Crippen LogP contribution in [0.25, 0.3) is 0 Å². The molecule has 3 nitrogen and oxygen atoms in total. The molecule has 0 aromatic carbocycles. The maximum Gasteiger partial charge on any atom is 0.320 e. The molecule has 0 N–H and O–H groups in total. The zero-order valence-electron chi connectivity index (χ0n) is 10.8. The smallest absolute Gasteiger partial charge is 0.320 e. The SMILES string of the molecule is CCC(CC)CN(CC)CC(Br)C(=O)OC. The van der Waals surface area contributed by atoms with Gasteiger partial charge in [0.25, 0.3) is 0 Å². The van der Waals surface area contributed by atoms with Gasteiger partial charge in [-0.25, -0.2) is 0 Å². The summed E-state index contributed by atoms with van der Waals surface area (Å²) in [4.78, 5) is 13.4. The molecular formula is C12H24BrNO2. The van der Waals surface area contributed by atoms with Crippen LogP contribution in [-0.4, -0.2) is 42.4 Å². The average molecular weight is 294 g/mol. The number of halogens is 1. The van der Waals surface area contributed by atoms with E-state index in [2.05, 4.69) is 41.6 Å². The molecule has 0 fully saturated rings. The van der Waals surface area contributed by atoms with Crippen molar-refractivity contribution < 1.29 is 9.53 Å². The molecule has 1 atom stereocenters. The number of nitrogens with zero attached hydrogens (tertiary/aromatic N) is 1. The van der Waals surface area contributed by atoms with E-state index in [4.69, 9.17) is 4.74 Å². The third kappa shape index (κ3) is 5.85. The lowest BCUT2D eigenvalue weighted by Crippen LogP contribution is -2.37. The van der Waals surface area contributed by atoms with Crippen molar-refractivity contribution in [3.05, 3.63) is 0 Å². The number of alkyl halides is 1. The highest BCUT2D eigenvalue weighted by atomic mass is 79.9. The zero-order valence-corrected chi connectivity index (χ0v) is 12.4. The maximum atomic E-state index is 11.3. The van der Waals surface area contributed by atoms with Gasteiger partial charge in [0.2, 0.25) is 0 Å². The van der Waals surface area contributed by atoms with Crippen molar-refractivity contribution in [3.8, 4) is 0 Å². The van der Waals surface area contributed by atoms with Crippen LogP contribution in [0.1, 0.15) is 33.6 Å². The lowest BCUT2D eigenvalue weighted by Gasteiger charge is -2.26. The third-order valence-corrected chi connectivity index (χ3v) is 3.66. The first-order valence-corrected chi connectivity index (χ1v) is 6.94. The van der Waals surface area contributed by atoms with Crippen LogP contribution in [0.4, 0.5) is 0 Å². The Morgan fingerprint density at radius 2 is 1.81 bits per heavy atom. The molecule has 0 amide bonds. The van der Waals surface area contributed by atoms with Crippen molar-refractivity contribution in [2.45, 2.75) is 38.4 Å². The molecule has 0 aliphatic carbocycles. The van der Waals surface area contributed by atoms with Gasteiger partial charge in [0.1, 0.15) is 4.83 Å². The number of hydrogen-bond donors (Lipinski definition) is 0. The Kier molecular flexibility index (Phi) is 8.94. The quantitative estimate of drug-likeness (QED) is 0.509. The van der Waals surface area contributed by atoms with E-state index in [1.807, 2.05) is 0 Å². The van der Waals surface area contributed by atoms with E-state index in [0.29, 0.717) is 0 Å². The fourth-order valence-electron chi connectivity index (χ4n) is 1.67. The third-order valence-electron chi connectivity index (χ3n) is 2.99. The second kappa shape index (κ2) is 8.99. The van der Waals surface area contributed by atoms with E-state index >= 15 is 0 Å². The van der Waals surface area contributed by atoms with Crippen LogP contribution in [0, 0.1) is 5.92 Å². The Bertz CT molecular complexity index is 195. The Labute approximate surface area is 108 Å². The topological polar surface area (TPSA) is 29.5 Å². The van der Waals surface area contributed by atoms with Gasteiger partial charge in [0, 0.05) is 13.1 Å². The van der Waals surface area contributed by atoms with E-state index in [9.17, 15) is 4.79 Å². The number of hydrogen-bond acceptors (Lipinski definition) is 3. The van der Waals surface area contributed by atoms with Crippen LogP contribution >= 0.6 is 15.9 Å². The van der Waals surface area contributed by atoms with E-state index < -0.39 is 0 Å². The number of rotatable bonds is 8. The van der Waals surface area contributed by atoms with E-state index in [-0.39, 0.29) is 10.8 Å². The maximum absolute atomic E-state index is 11.3. The number of esters is 1. The predicted octanol–water partition coefficient (Wildman–Crippen LogP) is 2.68. The highest BCUT2D eigenvalue weighted by Crippen LogP contribution is 2.12. The van der Waals surface area contributed by atoms with Crippen LogP contribution < -0.4 is 0 Å². The number of carbonyl (C=O) groups is 1. The van der Waals surface area contributed by atoms with Crippen LogP contribution in [0.15, 0.2) is 0 Å². The minimum absolute atomic E-state index is 0.192. The molecule has 0 radical (unpaired) electrons. The highest BCUT2D eigenvalue weighted by molar-refractivity contribution is 9.10. The largest absolute Gasteiger partial charge is 0.468 e. The summed E-state index contributed by atoms with van der Waals surface area (Å²) in [6.07, 6.45) is 2.39. The monoisotopic (exact) mass is 293 g/mol. The highest BCUT2D eigenvalue weighted by Gasteiger charge is 2.19. The minimum Gasteiger partial charge on any atom is -0.468 e. The molecule has 1 unspecified atom stereocenters. The molecule has 0 saturated heterocycles. The van der Waals surface area contributed by atoms with Crippen molar-refractivity contribution in [2.24, 2.45) is 5.92 Å². The second-order valence-electron chi connectivity index (χ2n) is 4.03. The van der Waals surface area contributed by atoms with Crippen LogP contribution in [0.5, 0.6) is 0 Å². The van der Waals surface area contributed by atoms with Crippen LogP contribution in [0.3, 0.4) is 0 Å². The molecule has 16 heavy (non-hydrogen) atoms. The van der Waals surface area contributed by atoms with E-state index in [0.717, 1.165) is 25.6 Å². The Morgan fingerprint density at radius 1 is 1.25 bits per heavy atom. The van der Waals surface area contributed by atoms with Crippen molar-refractivity contribution in [3.63, 3.8) is 0 Å². The number of ether oxygens (including phenoxy) is 1. The summed E-state index contributed by atoms with van der Waals surface area (Å²) in [7, 11) is 1.42. The van der Waals surface area contributed by atoms with Gasteiger partial charge in [-0.15, -0.1) is 0 Å². The van der Waals surface area contributed by atoms with Gasteiger partial charge in [0.05, 0.1) is 7.11 Å². The fraction of sp³-hybridized carbons (Fsp3) is 0.917. The Balaban J connectivity index is 4.13. The molecule has 0 bridgehead atoms. The van der Waals surface area contributed by atoms with Crippen LogP contribution in [0.2, 0.25) is 0 Å². The zero-order chi connectivity index (χ0) is 12.6. The minimum atomic E-state index is -0.216. The molecule has 0 aromatic heterocycles. The molecule has 4 heteroatoms. The van der Waals surface area contributed by atoms with E-state index in [1.54, 1.807) is 0 Å². The molecule has 0 spiro atoms. The predicted molar refractivity (Wildman–Crippen MR) is 70.9 cm³/mol. The van der Waals surface area contributed by atoms with Gasteiger partial charge in [-0.05, 0) is 12.5 Å². The van der Waals surface area contributed by atoms with Crippen LogP contribution in [-0.2, 0) is 9.53 Å². The average Bonchev–Trinajstić information content (AvgIpc) is 2.32. The first-order chi connectivity index (χ1) is 7.58. The van der Waals surface area contributed by atoms with Crippen molar-refractivity contribution in [1.29, 1.82) is 0 Å². The summed E-state index contributed by atoms with van der Waals surface area (Å²) >= 11 is 3.36. The van der Waals surface area contributed by atoms with Crippen molar-refractivity contribution in [1.82, 2.24) is 4.90 Å². The standard InChI is InChI=1S/C12H24BrNO2/c1-5-10(6-2)8-14(7-3)9-11(13)12(15)16-4/h10-11H,5-9H2,1-4H3. The normalized spacial score (nSPS) is 13.2. The van der Waals surface area contributed by atoms with Crippen molar-refractivity contribution >= 4 is 21.9 Å². The van der Waals surface area contributed by atoms with Gasteiger partial charge < -0.3 is 9.64 Å². The second-order valence-corrected chi connectivity index (χ2v) is 5.13. The Morgan fingerprint density at radius 3 is 2.19 bits per heavy atom. The molecule has 0 rings (SSSR count). The summed E-state index contributed by atoms with van der Waals surface area (Å²) in [5.41, 5.74) is 0. The van der Waals surface area contributed by atoms with E-state index in [1.165, 1.54) is 20.0 Å². The summed E-state index contributed by atoms with van der Waals surface area (Å²) in [6, 6.07) is 0. The molecule has 0 aliphatic heterocycles. The van der Waals surface area contributed by atoms with Gasteiger partial charge in [-0.2, -0.15) is 0 Å². The molecule has 0 aliphatic rings. The molecule has 96 valence electrons.